The van der Waals surface area contributed by atoms with Crippen molar-refractivity contribution in [2.24, 2.45) is 4.99 Å². The van der Waals surface area contributed by atoms with Crippen molar-refractivity contribution in [2.45, 2.75) is 39.7 Å². The van der Waals surface area contributed by atoms with Gasteiger partial charge in [0.25, 0.3) is 0 Å². The lowest BCUT2D eigenvalue weighted by molar-refractivity contribution is 0.376. The summed E-state index contributed by atoms with van der Waals surface area (Å²) in [5.41, 5.74) is 3.60. The minimum Gasteiger partial charge on any atom is -0.359 e. The molecule has 1 aromatic carbocycles. The van der Waals surface area contributed by atoms with Gasteiger partial charge in [0.1, 0.15) is 6.54 Å². The van der Waals surface area contributed by atoms with Crippen LogP contribution >= 0.6 is 24.0 Å². The molecule has 0 radical (unpaired) electrons. The zero-order valence-corrected chi connectivity index (χ0v) is 16.8. The second kappa shape index (κ2) is 8.50. The summed E-state index contributed by atoms with van der Waals surface area (Å²) in [6.45, 7) is 8.60. The predicted octanol–water partition coefficient (Wildman–Crippen LogP) is 3.94. The Kier molecular flexibility index (Phi) is 6.65. The molecule has 1 N–H and O–H groups in total. The molecule has 3 rings (SSSR count). The van der Waals surface area contributed by atoms with Crippen LogP contribution in [0, 0.1) is 0 Å². The van der Waals surface area contributed by atoms with Crippen molar-refractivity contribution in [3.8, 4) is 0 Å². The summed E-state index contributed by atoms with van der Waals surface area (Å²) in [6.07, 6.45) is 1.06. The number of hydrogen-bond acceptors (Lipinski definition) is 3. The molecule has 0 unspecified atom stereocenters. The van der Waals surface area contributed by atoms with Crippen molar-refractivity contribution in [2.75, 3.05) is 18.0 Å². The van der Waals surface area contributed by atoms with Gasteiger partial charge in [-0.25, -0.2) is 4.99 Å². The summed E-state index contributed by atoms with van der Waals surface area (Å²) in [5.74, 6) is 2.08. The van der Waals surface area contributed by atoms with Crippen LogP contribution in [0.1, 0.15) is 43.7 Å². The lowest BCUT2D eigenvalue weighted by Gasteiger charge is -2.22. The monoisotopic (exact) mass is 440 g/mol. The molecule has 5 nitrogen and oxygen atoms in total. The second-order valence-corrected chi connectivity index (χ2v) is 6.07. The molecule has 0 saturated heterocycles. The van der Waals surface area contributed by atoms with Gasteiger partial charge in [-0.1, -0.05) is 37.2 Å². The second-order valence-electron chi connectivity index (χ2n) is 6.07. The predicted molar refractivity (Wildman–Crippen MR) is 108 cm³/mol. The lowest BCUT2D eigenvalue weighted by atomic mass is 10.1. The zero-order valence-electron chi connectivity index (χ0n) is 14.5. The van der Waals surface area contributed by atoms with E-state index in [4.69, 9.17) is 9.52 Å². The van der Waals surface area contributed by atoms with E-state index in [-0.39, 0.29) is 24.0 Å². The third-order valence-electron chi connectivity index (χ3n) is 4.03. The molecule has 2 heterocycles. The van der Waals surface area contributed by atoms with Crippen LogP contribution < -0.4 is 10.2 Å². The van der Waals surface area contributed by atoms with Gasteiger partial charge in [0.2, 0.25) is 0 Å². The minimum absolute atomic E-state index is 0. The first kappa shape index (κ1) is 18.8. The number of fused-ring (bicyclic) bond motifs is 1. The fraction of sp³-hybridized carbons (Fsp3) is 0.444. The number of aliphatic imine (C=N–C) groups is 1. The Morgan fingerprint density at radius 2 is 2.17 bits per heavy atom. The van der Waals surface area contributed by atoms with E-state index in [1.807, 2.05) is 6.07 Å². The molecule has 0 fully saturated rings. The van der Waals surface area contributed by atoms with E-state index in [9.17, 15) is 0 Å². The smallest absolute Gasteiger partial charge is 0.198 e. The molecule has 1 aromatic heterocycles. The first-order valence-electron chi connectivity index (χ1n) is 8.28. The Labute approximate surface area is 160 Å². The Morgan fingerprint density at radius 1 is 1.38 bits per heavy atom. The van der Waals surface area contributed by atoms with Crippen molar-refractivity contribution >= 4 is 35.6 Å². The summed E-state index contributed by atoms with van der Waals surface area (Å²) < 4.78 is 5.38. The SMILES string of the molecule is CCNC(=NCc1cc(C(C)C)no1)N1CCc2ccccc21.I. The van der Waals surface area contributed by atoms with Gasteiger partial charge in [0, 0.05) is 24.8 Å². The normalized spacial score (nSPS) is 13.8. The molecule has 1 aliphatic rings. The molecule has 0 atom stereocenters. The molecule has 2 aromatic rings. The van der Waals surface area contributed by atoms with Crippen molar-refractivity contribution in [1.29, 1.82) is 0 Å². The lowest BCUT2D eigenvalue weighted by Crippen LogP contribution is -2.40. The average Bonchev–Trinajstić information content (AvgIpc) is 3.18. The van der Waals surface area contributed by atoms with Crippen molar-refractivity contribution in [3.63, 3.8) is 0 Å². The van der Waals surface area contributed by atoms with Gasteiger partial charge in [-0.15, -0.1) is 24.0 Å². The maximum absolute atomic E-state index is 5.38. The molecule has 0 bridgehead atoms. The highest BCUT2D eigenvalue weighted by Crippen LogP contribution is 2.27. The number of para-hydroxylation sites is 1. The first-order valence-corrected chi connectivity index (χ1v) is 8.28. The van der Waals surface area contributed by atoms with Gasteiger partial charge in [-0.3, -0.25) is 0 Å². The number of benzene rings is 1. The van der Waals surface area contributed by atoms with E-state index in [0.29, 0.717) is 12.5 Å². The molecular weight excluding hydrogens is 415 g/mol. The van der Waals surface area contributed by atoms with E-state index in [2.05, 4.69) is 60.4 Å². The molecule has 130 valence electrons. The van der Waals surface area contributed by atoms with Crippen LogP contribution in [-0.2, 0) is 13.0 Å². The third kappa shape index (κ3) is 4.09. The number of guanidine groups is 1. The number of rotatable bonds is 4. The third-order valence-corrected chi connectivity index (χ3v) is 4.03. The quantitative estimate of drug-likeness (QED) is 0.445. The van der Waals surface area contributed by atoms with E-state index in [0.717, 1.165) is 36.9 Å². The highest BCUT2D eigenvalue weighted by Gasteiger charge is 2.22. The van der Waals surface area contributed by atoms with Gasteiger partial charge < -0.3 is 14.7 Å². The van der Waals surface area contributed by atoms with Crippen LogP contribution in [0.15, 0.2) is 39.8 Å². The van der Waals surface area contributed by atoms with Crippen LogP contribution in [0.25, 0.3) is 0 Å². The topological polar surface area (TPSA) is 53.7 Å². The molecular formula is C18H25IN4O. The number of nitrogens with one attached hydrogen (secondary N) is 1. The highest BCUT2D eigenvalue weighted by molar-refractivity contribution is 14.0. The minimum atomic E-state index is 0. The molecule has 1 aliphatic heterocycles. The summed E-state index contributed by atoms with van der Waals surface area (Å²) in [7, 11) is 0. The standard InChI is InChI=1S/C18H24N4O.HI/c1-4-19-18(20-12-15-11-16(13(2)3)21-23-15)22-10-9-14-7-5-6-8-17(14)22;/h5-8,11,13H,4,9-10,12H2,1-3H3,(H,19,20);1H. The fourth-order valence-electron chi connectivity index (χ4n) is 2.78. The highest BCUT2D eigenvalue weighted by atomic mass is 127. The van der Waals surface area contributed by atoms with Gasteiger partial charge >= 0.3 is 0 Å². The van der Waals surface area contributed by atoms with Crippen molar-refractivity contribution in [3.05, 3.63) is 47.3 Å². The van der Waals surface area contributed by atoms with Crippen molar-refractivity contribution in [1.82, 2.24) is 10.5 Å². The van der Waals surface area contributed by atoms with Crippen LogP contribution in [0.3, 0.4) is 0 Å². The summed E-state index contributed by atoms with van der Waals surface area (Å²) in [4.78, 5) is 6.98. The van der Waals surface area contributed by atoms with Crippen molar-refractivity contribution < 1.29 is 4.52 Å². The molecule has 0 spiro atoms. The van der Waals surface area contributed by atoms with E-state index < -0.39 is 0 Å². The van der Waals surface area contributed by atoms with Gasteiger partial charge in [-0.05, 0) is 30.9 Å². The Bertz CT molecular complexity index is 696. The maximum atomic E-state index is 5.38. The first-order chi connectivity index (χ1) is 11.2. The number of halogens is 1. The van der Waals surface area contributed by atoms with Crippen LogP contribution in [0.4, 0.5) is 5.69 Å². The molecule has 0 saturated carbocycles. The van der Waals surface area contributed by atoms with Gasteiger partial charge in [0.05, 0.1) is 5.69 Å². The largest absolute Gasteiger partial charge is 0.359 e. The fourth-order valence-corrected chi connectivity index (χ4v) is 2.78. The average molecular weight is 440 g/mol. The molecule has 0 amide bonds. The summed E-state index contributed by atoms with van der Waals surface area (Å²) in [6, 6.07) is 10.5. The number of anilines is 1. The summed E-state index contributed by atoms with van der Waals surface area (Å²) >= 11 is 0. The molecule has 24 heavy (non-hydrogen) atoms. The van der Waals surface area contributed by atoms with E-state index in [1.54, 1.807) is 0 Å². The van der Waals surface area contributed by atoms with E-state index >= 15 is 0 Å². The zero-order chi connectivity index (χ0) is 16.2. The number of hydrogen-bond donors (Lipinski definition) is 1. The van der Waals surface area contributed by atoms with Crippen LogP contribution in [0.5, 0.6) is 0 Å². The van der Waals surface area contributed by atoms with Gasteiger partial charge in [-0.2, -0.15) is 0 Å². The number of aromatic nitrogens is 1. The Balaban J connectivity index is 0.00000208. The summed E-state index contributed by atoms with van der Waals surface area (Å²) in [5, 5.41) is 7.47. The Hall–Kier alpha value is -1.57. The maximum Gasteiger partial charge on any atom is 0.198 e. The Morgan fingerprint density at radius 3 is 2.88 bits per heavy atom. The van der Waals surface area contributed by atoms with Crippen LogP contribution in [0.2, 0.25) is 0 Å². The molecule has 6 heteroatoms. The van der Waals surface area contributed by atoms with E-state index in [1.165, 1.54) is 11.3 Å². The van der Waals surface area contributed by atoms with Crippen LogP contribution in [-0.4, -0.2) is 24.2 Å². The number of nitrogens with zero attached hydrogens (tertiary/aromatic N) is 3. The molecule has 0 aliphatic carbocycles. The van der Waals surface area contributed by atoms with Gasteiger partial charge in [0.15, 0.2) is 11.7 Å².